The molecule has 0 aliphatic carbocycles. The zero-order valence-electron chi connectivity index (χ0n) is 16.2. The van der Waals surface area contributed by atoms with E-state index < -0.39 is 10.8 Å². The fourth-order valence-electron chi connectivity index (χ4n) is 1.91. The van der Waals surface area contributed by atoms with Crippen molar-refractivity contribution in [2.45, 2.75) is 45.5 Å². The van der Waals surface area contributed by atoms with Crippen LogP contribution in [0.2, 0.25) is 5.02 Å². The van der Waals surface area contributed by atoms with Crippen LogP contribution in [-0.4, -0.2) is 46.4 Å². The number of nitrogens with one attached hydrogen (secondary N) is 2. The molecule has 0 aliphatic heterocycles. The van der Waals surface area contributed by atoms with E-state index in [0.29, 0.717) is 29.8 Å². The van der Waals surface area contributed by atoms with Crippen molar-refractivity contribution in [3.05, 3.63) is 29.3 Å². The van der Waals surface area contributed by atoms with E-state index in [9.17, 15) is 4.21 Å². The van der Waals surface area contributed by atoms with Gasteiger partial charge >= 0.3 is 0 Å². The molecule has 0 spiro atoms. The number of ether oxygens (including phenoxy) is 1. The van der Waals surface area contributed by atoms with E-state index in [0.717, 1.165) is 12.3 Å². The van der Waals surface area contributed by atoms with Crippen molar-refractivity contribution in [3.63, 3.8) is 0 Å². The highest BCUT2D eigenvalue weighted by atomic mass is 127. The van der Waals surface area contributed by atoms with E-state index in [-0.39, 0.29) is 34.8 Å². The first-order chi connectivity index (χ1) is 11.7. The van der Waals surface area contributed by atoms with Crippen LogP contribution in [-0.2, 0) is 10.8 Å². The lowest BCUT2D eigenvalue weighted by Gasteiger charge is -2.19. The molecule has 0 amide bonds. The van der Waals surface area contributed by atoms with Crippen LogP contribution in [0.5, 0.6) is 5.75 Å². The quantitative estimate of drug-likeness (QED) is 0.314. The number of halogens is 2. The molecular weight excluding hydrogens is 485 g/mol. The summed E-state index contributed by atoms with van der Waals surface area (Å²) in [5, 5.41) is 7.10. The molecule has 2 N–H and O–H groups in total. The van der Waals surface area contributed by atoms with Crippen molar-refractivity contribution in [1.82, 2.24) is 10.6 Å². The summed E-state index contributed by atoms with van der Waals surface area (Å²) in [5.41, 5.74) is 0. The molecule has 1 rings (SSSR count). The van der Waals surface area contributed by atoms with Crippen LogP contribution < -0.4 is 15.4 Å². The lowest BCUT2D eigenvalue weighted by atomic mass is 10.3. The van der Waals surface area contributed by atoms with Crippen molar-refractivity contribution in [2.75, 3.05) is 25.4 Å². The average Bonchev–Trinajstić information content (AvgIpc) is 2.53. The number of hydrogen-bond acceptors (Lipinski definition) is 3. The van der Waals surface area contributed by atoms with E-state index in [1.807, 2.05) is 46.8 Å². The molecule has 150 valence electrons. The molecule has 5 nitrogen and oxygen atoms in total. The molecule has 2 unspecified atom stereocenters. The van der Waals surface area contributed by atoms with E-state index in [1.54, 1.807) is 12.1 Å². The number of guanidine groups is 1. The smallest absolute Gasteiger partial charge is 0.191 e. The van der Waals surface area contributed by atoms with Crippen molar-refractivity contribution in [3.8, 4) is 5.75 Å². The Morgan fingerprint density at radius 1 is 1.27 bits per heavy atom. The van der Waals surface area contributed by atoms with Gasteiger partial charge in [-0.3, -0.25) is 4.21 Å². The highest BCUT2D eigenvalue weighted by Gasteiger charge is 2.18. The largest absolute Gasteiger partial charge is 0.489 e. The highest BCUT2D eigenvalue weighted by Crippen LogP contribution is 2.16. The molecule has 2 atom stereocenters. The predicted molar refractivity (Wildman–Crippen MR) is 124 cm³/mol. The van der Waals surface area contributed by atoms with Gasteiger partial charge in [0.15, 0.2) is 5.96 Å². The summed E-state index contributed by atoms with van der Waals surface area (Å²) in [6.45, 7) is 11.8. The van der Waals surface area contributed by atoms with Gasteiger partial charge in [0.2, 0.25) is 0 Å². The Kier molecular flexibility index (Phi) is 12.5. The lowest BCUT2D eigenvalue weighted by Crippen LogP contribution is -2.41. The molecule has 0 bridgehead atoms. The van der Waals surface area contributed by atoms with Crippen LogP contribution in [0, 0.1) is 0 Å². The van der Waals surface area contributed by atoms with Crippen LogP contribution in [0.3, 0.4) is 0 Å². The maximum atomic E-state index is 12.1. The lowest BCUT2D eigenvalue weighted by molar-refractivity contribution is 0.230. The van der Waals surface area contributed by atoms with Crippen LogP contribution in [0.15, 0.2) is 29.3 Å². The van der Waals surface area contributed by atoms with Crippen molar-refractivity contribution in [2.24, 2.45) is 4.99 Å². The van der Waals surface area contributed by atoms with Crippen molar-refractivity contribution < 1.29 is 8.95 Å². The fourth-order valence-corrected chi connectivity index (χ4v) is 2.94. The van der Waals surface area contributed by atoms with Gasteiger partial charge in [0.25, 0.3) is 0 Å². The van der Waals surface area contributed by atoms with Crippen molar-refractivity contribution in [1.29, 1.82) is 0 Å². The molecular formula is C18H31ClIN3O2S. The monoisotopic (exact) mass is 515 g/mol. The summed E-state index contributed by atoms with van der Waals surface area (Å²) in [7, 11) is -0.880. The van der Waals surface area contributed by atoms with Gasteiger partial charge in [0.05, 0.1) is 6.54 Å². The first-order valence-corrected chi connectivity index (χ1v) is 10.2. The summed E-state index contributed by atoms with van der Waals surface area (Å²) in [4.78, 5) is 4.53. The van der Waals surface area contributed by atoms with Gasteiger partial charge < -0.3 is 15.4 Å². The van der Waals surface area contributed by atoms with Gasteiger partial charge in [-0.2, -0.15) is 0 Å². The summed E-state index contributed by atoms with van der Waals surface area (Å²) < 4.78 is 17.7. The number of benzene rings is 1. The minimum absolute atomic E-state index is 0. The standard InChI is InChI=1S/C18H30ClN3O2S.HI/c1-6-20-17(21-11-12-25(23)18(3,4)5)22-13-14(2)24-16-9-7-15(19)8-10-16;/h7-10,14H,6,11-13H2,1-5H3,(H2,20,21,22);1H. The molecule has 1 aromatic rings. The maximum absolute atomic E-state index is 12.1. The third-order valence-corrected chi connectivity index (χ3v) is 5.46. The molecule has 0 radical (unpaired) electrons. The number of aliphatic imine (C=N–C) groups is 1. The Hall–Kier alpha value is -0.540. The molecule has 0 heterocycles. The number of hydrogen-bond donors (Lipinski definition) is 2. The SMILES string of the molecule is CCNC(=NCC(C)Oc1ccc(Cl)cc1)NCCS(=O)C(C)(C)C.I. The highest BCUT2D eigenvalue weighted by molar-refractivity contribution is 14.0. The minimum Gasteiger partial charge on any atom is -0.489 e. The normalized spacial score (nSPS) is 14.2. The molecule has 0 saturated carbocycles. The topological polar surface area (TPSA) is 62.7 Å². The van der Waals surface area contributed by atoms with Crippen LogP contribution in [0.1, 0.15) is 34.6 Å². The Morgan fingerprint density at radius 3 is 2.42 bits per heavy atom. The zero-order chi connectivity index (χ0) is 18.9. The van der Waals surface area contributed by atoms with E-state index in [2.05, 4.69) is 15.6 Å². The molecule has 0 saturated heterocycles. The van der Waals surface area contributed by atoms with Gasteiger partial charge in [0, 0.05) is 39.4 Å². The second-order valence-electron chi connectivity index (χ2n) is 6.69. The van der Waals surface area contributed by atoms with Gasteiger partial charge in [-0.1, -0.05) is 11.6 Å². The predicted octanol–water partition coefficient (Wildman–Crippen LogP) is 3.83. The van der Waals surface area contributed by atoms with E-state index in [1.165, 1.54) is 0 Å². The third-order valence-electron chi connectivity index (χ3n) is 3.26. The van der Waals surface area contributed by atoms with E-state index in [4.69, 9.17) is 16.3 Å². The summed E-state index contributed by atoms with van der Waals surface area (Å²) >= 11 is 5.87. The first-order valence-electron chi connectivity index (χ1n) is 8.55. The summed E-state index contributed by atoms with van der Waals surface area (Å²) in [6.07, 6.45) is -0.0691. The molecule has 0 aromatic heterocycles. The van der Waals surface area contributed by atoms with Crippen LogP contribution in [0.4, 0.5) is 0 Å². The minimum atomic E-state index is -0.880. The van der Waals surface area contributed by atoms with Gasteiger partial charge in [0.1, 0.15) is 11.9 Å². The zero-order valence-corrected chi connectivity index (χ0v) is 20.1. The molecule has 8 heteroatoms. The molecule has 0 aliphatic rings. The van der Waals surface area contributed by atoms with Crippen LogP contribution in [0.25, 0.3) is 0 Å². The Balaban J connectivity index is 0.00000625. The first kappa shape index (κ1) is 25.5. The fraction of sp³-hybridized carbons (Fsp3) is 0.611. The summed E-state index contributed by atoms with van der Waals surface area (Å²) in [6, 6.07) is 7.28. The number of nitrogens with zero attached hydrogens (tertiary/aromatic N) is 1. The van der Waals surface area contributed by atoms with E-state index >= 15 is 0 Å². The Morgan fingerprint density at radius 2 is 1.88 bits per heavy atom. The van der Waals surface area contributed by atoms with Crippen LogP contribution >= 0.6 is 35.6 Å². The number of rotatable bonds is 8. The molecule has 0 fully saturated rings. The Labute approximate surface area is 182 Å². The van der Waals surface area contributed by atoms with Gasteiger partial charge in [-0.15, -0.1) is 24.0 Å². The Bertz CT molecular complexity index is 577. The summed E-state index contributed by atoms with van der Waals surface area (Å²) in [5.74, 6) is 2.07. The maximum Gasteiger partial charge on any atom is 0.191 e. The molecule has 26 heavy (non-hydrogen) atoms. The third kappa shape index (κ3) is 10.6. The van der Waals surface area contributed by atoms with Gasteiger partial charge in [-0.05, 0) is 58.9 Å². The second kappa shape index (κ2) is 12.8. The second-order valence-corrected chi connectivity index (χ2v) is 9.45. The van der Waals surface area contributed by atoms with Crippen molar-refractivity contribution >= 4 is 52.3 Å². The van der Waals surface area contributed by atoms with Gasteiger partial charge in [-0.25, -0.2) is 4.99 Å². The molecule has 1 aromatic carbocycles. The average molecular weight is 516 g/mol.